The van der Waals surface area contributed by atoms with E-state index in [9.17, 15) is 5.11 Å². The number of nitrogens with zero attached hydrogens (tertiary/aromatic N) is 2. The number of ether oxygens (including phenoxy) is 1. The first-order valence-electron chi connectivity index (χ1n) is 18.3. The van der Waals surface area contributed by atoms with Crippen molar-refractivity contribution < 1.29 is 9.84 Å². The summed E-state index contributed by atoms with van der Waals surface area (Å²) in [5, 5.41) is 10.6. The van der Waals surface area contributed by atoms with Gasteiger partial charge in [0.05, 0.1) is 13.6 Å². The zero-order valence-corrected chi connectivity index (χ0v) is 28.8. The fourth-order valence-electron chi connectivity index (χ4n) is 9.09. The minimum absolute atomic E-state index is 0.355. The molecular formula is C46H45N2O2+. The summed E-state index contributed by atoms with van der Waals surface area (Å²) in [7, 11) is 2.24. The fourth-order valence-corrected chi connectivity index (χ4v) is 9.09. The molecule has 9 rings (SSSR count). The van der Waals surface area contributed by atoms with Gasteiger partial charge in [-0.1, -0.05) is 116 Å². The lowest BCUT2D eigenvalue weighted by Gasteiger charge is -2.41. The quantitative estimate of drug-likeness (QED) is 0.103. The second kappa shape index (κ2) is 12.5. The first-order valence-corrected chi connectivity index (χ1v) is 18.3. The third-order valence-corrected chi connectivity index (χ3v) is 11.6. The predicted molar refractivity (Wildman–Crippen MR) is 206 cm³/mol. The second-order valence-electron chi connectivity index (χ2n) is 15.0. The molecule has 0 bridgehead atoms. The van der Waals surface area contributed by atoms with Gasteiger partial charge in [-0.25, -0.2) is 0 Å². The van der Waals surface area contributed by atoms with Crippen LogP contribution in [0.15, 0.2) is 133 Å². The summed E-state index contributed by atoms with van der Waals surface area (Å²) in [6.45, 7) is 2.03. The number of hydrogen-bond acceptors (Lipinski definition) is 3. The molecular weight excluding hydrogens is 613 g/mol. The van der Waals surface area contributed by atoms with E-state index in [-0.39, 0.29) is 0 Å². The van der Waals surface area contributed by atoms with E-state index < -0.39 is 5.79 Å². The first kappa shape index (κ1) is 31.3. The Balaban J connectivity index is 0.980. The number of fused-ring (bicyclic) bond motifs is 4. The Morgan fingerprint density at radius 2 is 1.48 bits per heavy atom. The number of aliphatic hydroxyl groups is 1. The van der Waals surface area contributed by atoms with Crippen molar-refractivity contribution in [3.63, 3.8) is 0 Å². The average molecular weight is 658 g/mol. The lowest BCUT2D eigenvalue weighted by Crippen LogP contribution is -2.54. The normalized spacial score (nSPS) is 26.4. The maximum absolute atomic E-state index is 10.6. The molecule has 1 aliphatic carbocycles. The van der Waals surface area contributed by atoms with Crippen LogP contribution >= 0.6 is 0 Å². The summed E-state index contributed by atoms with van der Waals surface area (Å²) >= 11 is 0. The van der Waals surface area contributed by atoms with E-state index in [1.807, 2.05) is 0 Å². The molecule has 4 nitrogen and oxygen atoms in total. The van der Waals surface area contributed by atoms with Crippen molar-refractivity contribution in [1.82, 2.24) is 4.48 Å². The highest BCUT2D eigenvalue weighted by Crippen LogP contribution is 2.52. The van der Waals surface area contributed by atoms with Gasteiger partial charge in [0, 0.05) is 41.2 Å². The van der Waals surface area contributed by atoms with Gasteiger partial charge >= 0.3 is 0 Å². The summed E-state index contributed by atoms with van der Waals surface area (Å²) in [5.41, 5.74) is 13.0. The van der Waals surface area contributed by atoms with E-state index in [4.69, 9.17) is 4.74 Å². The molecule has 1 saturated heterocycles. The van der Waals surface area contributed by atoms with Gasteiger partial charge < -0.3 is 14.7 Å². The number of quaternary nitrogens is 1. The highest BCUT2D eigenvalue weighted by molar-refractivity contribution is 5.91. The van der Waals surface area contributed by atoms with Crippen LogP contribution < -0.4 is 9.38 Å². The summed E-state index contributed by atoms with van der Waals surface area (Å²) < 4.78 is 6.10. The predicted octanol–water partition coefficient (Wildman–Crippen LogP) is 9.92. The number of epoxide rings is 1. The van der Waals surface area contributed by atoms with Crippen molar-refractivity contribution in [3.05, 3.63) is 167 Å². The molecule has 5 unspecified atom stereocenters. The van der Waals surface area contributed by atoms with Crippen LogP contribution in [-0.4, -0.2) is 43.7 Å². The van der Waals surface area contributed by atoms with E-state index in [1.165, 1.54) is 75.3 Å². The summed E-state index contributed by atoms with van der Waals surface area (Å²) in [5.74, 6) is -0.0357. The highest BCUT2D eigenvalue weighted by Gasteiger charge is 2.51. The molecule has 4 heteroatoms. The molecule has 3 heterocycles. The van der Waals surface area contributed by atoms with E-state index in [0.717, 1.165) is 13.0 Å². The Bertz CT molecular complexity index is 2020. The Morgan fingerprint density at radius 1 is 0.800 bits per heavy atom. The van der Waals surface area contributed by atoms with Crippen molar-refractivity contribution >= 4 is 34.8 Å². The smallest absolute Gasteiger partial charge is 0.241 e. The van der Waals surface area contributed by atoms with E-state index in [1.54, 1.807) is 0 Å². The Hall–Kier alpha value is -4.74. The fraction of sp³-hybridized carbons (Fsp3) is 0.261. The highest BCUT2D eigenvalue weighted by atomic mass is 16.7. The maximum Gasteiger partial charge on any atom is 0.241 e. The number of likely N-dealkylation sites (N-methyl/N-ethyl adjacent to an activating group) is 1. The van der Waals surface area contributed by atoms with E-state index >= 15 is 0 Å². The maximum atomic E-state index is 10.6. The average Bonchev–Trinajstić information content (AvgIpc) is 3.54. The third kappa shape index (κ3) is 5.82. The van der Waals surface area contributed by atoms with Crippen LogP contribution in [0, 0.1) is 0 Å². The van der Waals surface area contributed by atoms with Crippen molar-refractivity contribution in [3.8, 4) is 0 Å². The van der Waals surface area contributed by atoms with Gasteiger partial charge in [0.1, 0.15) is 18.8 Å². The molecule has 1 N–H and O–H groups in total. The summed E-state index contributed by atoms with van der Waals surface area (Å²) in [6.07, 6.45) is 11.9. The number of benzene rings is 5. The van der Waals surface area contributed by atoms with Crippen LogP contribution in [0.3, 0.4) is 0 Å². The number of hydrogen-bond donors (Lipinski definition) is 1. The van der Waals surface area contributed by atoms with Crippen LogP contribution in [0.25, 0.3) is 17.7 Å². The molecule has 0 radical (unpaired) electrons. The van der Waals surface area contributed by atoms with Crippen molar-refractivity contribution in [2.45, 2.75) is 49.3 Å². The van der Waals surface area contributed by atoms with Gasteiger partial charge in [0.25, 0.3) is 0 Å². The number of anilines is 2. The monoisotopic (exact) mass is 657 g/mol. The zero-order valence-electron chi connectivity index (χ0n) is 28.8. The van der Waals surface area contributed by atoms with Gasteiger partial charge in [-0.15, -0.1) is 0 Å². The lowest BCUT2D eigenvalue weighted by atomic mass is 9.87. The van der Waals surface area contributed by atoms with Gasteiger partial charge in [0.15, 0.2) is 0 Å². The lowest BCUT2D eigenvalue weighted by molar-refractivity contribution is 0.00926. The standard InChI is InChI=1S/C46H45N2O2/c1-48(31-46(49)32-50-46)28-27-37(39-15-8-9-18-45(39)48)23-19-33-22-26-44-42(30-33)40-16-10-17-43(40)47(44)38-24-20-34(21-25-38)29-41(35-11-4-2-5-12-35)36-13-6-3-7-14-36/h2-9,11-15,18-26,29-30,37,40,43,49H,10,16-17,27-28,31-32H2,1H3/q+1. The molecule has 4 aliphatic rings. The van der Waals surface area contributed by atoms with Gasteiger partial charge in [-0.2, -0.15) is 0 Å². The Morgan fingerprint density at radius 3 is 2.20 bits per heavy atom. The van der Waals surface area contributed by atoms with Crippen molar-refractivity contribution in [2.24, 2.45) is 0 Å². The summed E-state index contributed by atoms with van der Waals surface area (Å²) in [6, 6.07) is 47.0. The van der Waals surface area contributed by atoms with Crippen LogP contribution in [0.1, 0.15) is 70.9 Å². The molecule has 3 aliphatic heterocycles. The van der Waals surface area contributed by atoms with Crippen LogP contribution in [0.4, 0.5) is 17.1 Å². The molecule has 2 fully saturated rings. The SMILES string of the molecule is C[N+]1(CC2(O)CO2)CCC(C=Cc2ccc3c(c2)C2CCCC2N3c2ccc(C=C(c3ccccc3)c3ccccc3)cc2)c2ccccc21. The Labute approximate surface area is 296 Å². The molecule has 0 amide bonds. The van der Waals surface area contributed by atoms with Crippen LogP contribution in [0.5, 0.6) is 0 Å². The largest absolute Gasteiger partial charge is 0.359 e. The van der Waals surface area contributed by atoms with E-state index in [2.05, 4.69) is 158 Å². The number of para-hydroxylation sites is 1. The topological polar surface area (TPSA) is 36.0 Å². The number of allylic oxidation sites excluding steroid dienone is 1. The Kier molecular flexibility index (Phi) is 7.84. The molecule has 5 atom stereocenters. The van der Waals surface area contributed by atoms with Crippen molar-refractivity contribution in [1.29, 1.82) is 0 Å². The third-order valence-electron chi connectivity index (χ3n) is 11.6. The molecule has 250 valence electrons. The molecule has 0 spiro atoms. The van der Waals surface area contributed by atoms with Crippen LogP contribution in [-0.2, 0) is 4.74 Å². The number of rotatable bonds is 8. The molecule has 5 aromatic rings. The molecule has 5 aromatic carbocycles. The van der Waals surface area contributed by atoms with Gasteiger partial charge in [-0.05, 0) is 82.6 Å². The van der Waals surface area contributed by atoms with Crippen molar-refractivity contribution in [2.75, 3.05) is 31.6 Å². The zero-order chi connectivity index (χ0) is 33.7. The second-order valence-corrected chi connectivity index (χ2v) is 15.0. The van der Waals surface area contributed by atoms with Gasteiger partial charge in [-0.3, -0.25) is 4.48 Å². The molecule has 0 aromatic heterocycles. The minimum atomic E-state index is -0.964. The first-order chi connectivity index (χ1) is 24.5. The van der Waals surface area contributed by atoms with Gasteiger partial charge in [0.2, 0.25) is 5.79 Å². The van der Waals surface area contributed by atoms with E-state index in [0.29, 0.717) is 35.5 Å². The molecule has 1 saturated carbocycles. The minimum Gasteiger partial charge on any atom is -0.359 e. The summed E-state index contributed by atoms with van der Waals surface area (Å²) in [4.78, 5) is 2.62. The molecule has 50 heavy (non-hydrogen) atoms. The van der Waals surface area contributed by atoms with Crippen LogP contribution in [0.2, 0.25) is 0 Å².